The van der Waals surface area contributed by atoms with Gasteiger partial charge in [0.2, 0.25) is 0 Å². The number of benzene rings is 1. The summed E-state index contributed by atoms with van der Waals surface area (Å²) >= 11 is 0. The Morgan fingerprint density at radius 3 is 2.83 bits per heavy atom. The summed E-state index contributed by atoms with van der Waals surface area (Å²) < 4.78 is 13.1. The van der Waals surface area contributed by atoms with Crippen molar-refractivity contribution in [1.82, 2.24) is 19.7 Å². The molecule has 0 saturated carbocycles. The lowest BCUT2D eigenvalue weighted by molar-refractivity contribution is 0.211. The van der Waals surface area contributed by atoms with Crippen LogP contribution < -0.4 is 9.47 Å². The first-order valence-electron chi connectivity index (χ1n) is 7.92. The highest BCUT2D eigenvalue weighted by Crippen LogP contribution is 2.36. The molecule has 3 heterocycles. The first-order chi connectivity index (χ1) is 11.8. The summed E-state index contributed by atoms with van der Waals surface area (Å²) in [6.07, 6.45) is 7.12. The Balaban J connectivity index is 1.46. The maximum atomic E-state index is 5.95. The van der Waals surface area contributed by atoms with E-state index in [-0.39, 0.29) is 0 Å². The average molecular weight is 322 g/mol. The molecule has 4 rings (SSSR count). The zero-order valence-corrected chi connectivity index (χ0v) is 13.4. The largest absolute Gasteiger partial charge is 0.493 e. The van der Waals surface area contributed by atoms with Gasteiger partial charge in [0.15, 0.2) is 11.5 Å². The van der Waals surface area contributed by atoms with Crippen molar-refractivity contribution >= 4 is 0 Å². The number of aromatic nitrogens is 4. The van der Waals surface area contributed by atoms with Crippen LogP contribution in [-0.4, -0.2) is 33.5 Å². The highest BCUT2D eigenvalue weighted by atomic mass is 16.5. The molecule has 3 aromatic rings. The van der Waals surface area contributed by atoms with Crippen molar-refractivity contribution in [2.45, 2.75) is 12.8 Å². The van der Waals surface area contributed by atoms with Crippen LogP contribution >= 0.6 is 0 Å². The first-order valence-corrected chi connectivity index (χ1v) is 7.92. The monoisotopic (exact) mass is 322 g/mol. The molecule has 0 amide bonds. The smallest absolute Gasteiger partial charge is 0.164 e. The van der Waals surface area contributed by atoms with E-state index < -0.39 is 0 Å². The highest BCUT2D eigenvalue weighted by molar-refractivity contribution is 5.47. The molecule has 0 N–H and O–H groups in total. The van der Waals surface area contributed by atoms with Gasteiger partial charge in [0, 0.05) is 12.1 Å². The minimum absolute atomic E-state index is 0.437. The van der Waals surface area contributed by atoms with Gasteiger partial charge >= 0.3 is 0 Å². The molecule has 122 valence electrons. The van der Waals surface area contributed by atoms with Crippen molar-refractivity contribution in [3.8, 4) is 17.3 Å². The highest BCUT2D eigenvalue weighted by Gasteiger charge is 2.22. The molecule has 1 atom stereocenters. The molecule has 6 heteroatoms. The maximum Gasteiger partial charge on any atom is 0.164 e. The molecule has 1 aliphatic rings. The predicted octanol–water partition coefficient (Wildman–Crippen LogP) is 2.46. The number of rotatable bonds is 4. The summed E-state index contributed by atoms with van der Waals surface area (Å²) in [7, 11) is 1.67. The summed E-state index contributed by atoms with van der Waals surface area (Å²) in [5.74, 6) is 2.95. The fraction of sp³-hybridized carbons (Fsp3) is 0.278. The minimum Gasteiger partial charge on any atom is -0.493 e. The normalized spacial score (nSPS) is 16.3. The summed E-state index contributed by atoms with van der Waals surface area (Å²) in [6, 6.07) is 10.1. The first kappa shape index (κ1) is 14.7. The molecule has 6 nitrogen and oxygen atoms in total. The van der Waals surface area contributed by atoms with Gasteiger partial charge in [0.25, 0.3) is 0 Å². The molecule has 0 aliphatic carbocycles. The molecule has 0 unspecified atom stereocenters. The number of para-hydroxylation sites is 1. The van der Waals surface area contributed by atoms with Gasteiger partial charge in [-0.15, -0.1) is 10.2 Å². The number of hydrogen-bond donors (Lipinski definition) is 0. The Hall–Kier alpha value is -2.89. The van der Waals surface area contributed by atoms with Crippen molar-refractivity contribution in [3.05, 3.63) is 60.3 Å². The summed E-state index contributed by atoms with van der Waals surface area (Å²) in [5.41, 5.74) is 2.41. The zero-order valence-electron chi connectivity index (χ0n) is 13.4. The standard InChI is InChI=1S/C18H18N4O2/c1-23-16-4-2-3-15-8-14(10-24-18(15)16)7-13-5-6-17(19-9-13)22-11-20-21-12-22/h2-6,9,11-12,14H,7-8,10H2,1H3/t14-/m1/s1. The van der Waals surface area contributed by atoms with Crippen molar-refractivity contribution in [2.24, 2.45) is 5.92 Å². The van der Waals surface area contributed by atoms with Crippen LogP contribution in [0.5, 0.6) is 11.5 Å². The van der Waals surface area contributed by atoms with Crippen molar-refractivity contribution < 1.29 is 9.47 Å². The lowest BCUT2D eigenvalue weighted by Crippen LogP contribution is -2.23. The molecular weight excluding hydrogens is 304 g/mol. The third kappa shape index (κ3) is 2.82. The van der Waals surface area contributed by atoms with E-state index in [1.165, 1.54) is 11.1 Å². The zero-order chi connectivity index (χ0) is 16.4. The quantitative estimate of drug-likeness (QED) is 0.738. The van der Waals surface area contributed by atoms with Crippen LogP contribution in [0.1, 0.15) is 11.1 Å². The van der Waals surface area contributed by atoms with Gasteiger partial charge in [0.1, 0.15) is 18.5 Å². The van der Waals surface area contributed by atoms with Crippen LogP contribution in [-0.2, 0) is 12.8 Å². The van der Waals surface area contributed by atoms with Gasteiger partial charge in [-0.2, -0.15) is 0 Å². The Morgan fingerprint density at radius 1 is 1.21 bits per heavy atom. The van der Waals surface area contributed by atoms with Crippen LogP contribution in [0.3, 0.4) is 0 Å². The number of pyridine rings is 1. The van der Waals surface area contributed by atoms with Crippen LogP contribution in [0.25, 0.3) is 5.82 Å². The van der Waals surface area contributed by atoms with E-state index in [1.54, 1.807) is 24.3 Å². The number of ether oxygens (including phenoxy) is 2. The third-order valence-corrected chi connectivity index (χ3v) is 4.27. The topological polar surface area (TPSA) is 62.1 Å². The molecule has 24 heavy (non-hydrogen) atoms. The van der Waals surface area contributed by atoms with E-state index >= 15 is 0 Å². The van der Waals surface area contributed by atoms with E-state index in [4.69, 9.17) is 9.47 Å². The molecule has 1 aliphatic heterocycles. The number of hydrogen-bond acceptors (Lipinski definition) is 5. The van der Waals surface area contributed by atoms with Crippen LogP contribution in [0.4, 0.5) is 0 Å². The molecule has 0 saturated heterocycles. The SMILES string of the molecule is COc1cccc2c1OC[C@H](Cc1ccc(-n3cnnc3)nc1)C2. The Morgan fingerprint density at radius 2 is 2.08 bits per heavy atom. The predicted molar refractivity (Wildman–Crippen MR) is 88.5 cm³/mol. The Labute approximate surface area is 140 Å². The lowest BCUT2D eigenvalue weighted by atomic mass is 9.91. The second-order valence-electron chi connectivity index (χ2n) is 5.93. The average Bonchev–Trinajstić information content (AvgIpc) is 3.16. The molecule has 0 bridgehead atoms. The maximum absolute atomic E-state index is 5.95. The summed E-state index contributed by atoms with van der Waals surface area (Å²) in [4.78, 5) is 4.48. The van der Waals surface area contributed by atoms with Gasteiger partial charge in [-0.3, -0.25) is 4.57 Å². The van der Waals surface area contributed by atoms with Gasteiger partial charge in [0.05, 0.1) is 13.7 Å². The van der Waals surface area contributed by atoms with Crippen LogP contribution in [0.15, 0.2) is 49.2 Å². The molecule has 0 spiro atoms. The van der Waals surface area contributed by atoms with Gasteiger partial charge in [-0.05, 0) is 36.1 Å². The molecular formula is C18H18N4O2. The van der Waals surface area contributed by atoms with Gasteiger partial charge < -0.3 is 9.47 Å². The number of nitrogens with zero attached hydrogens (tertiary/aromatic N) is 4. The third-order valence-electron chi connectivity index (χ3n) is 4.27. The Kier molecular flexibility index (Phi) is 3.86. The molecule has 0 radical (unpaired) electrons. The van der Waals surface area contributed by atoms with Gasteiger partial charge in [-0.25, -0.2) is 4.98 Å². The lowest BCUT2D eigenvalue weighted by Gasteiger charge is -2.26. The van der Waals surface area contributed by atoms with Crippen LogP contribution in [0, 0.1) is 5.92 Å². The van der Waals surface area contributed by atoms with Crippen molar-refractivity contribution in [2.75, 3.05) is 13.7 Å². The molecule has 1 aromatic carbocycles. The summed E-state index contributed by atoms with van der Waals surface area (Å²) in [6.45, 7) is 0.695. The number of methoxy groups -OCH3 is 1. The number of fused-ring (bicyclic) bond motifs is 1. The van der Waals surface area contributed by atoms with E-state index in [0.29, 0.717) is 12.5 Å². The second-order valence-corrected chi connectivity index (χ2v) is 5.93. The van der Waals surface area contributed by atoms with Crippen molar-refractivity contribution in [3.63, 3.8) is 0 Å². The van der Waals surface area contributed by atoms with E-state index in [9.17, 15) is 0 Å². The van der Waals surface area contributed by atoms with E-state index in [2.05, 4.69) is 27.3 Å². The molecule has 2 aromatic heterocycles. The van der Waals surface area contributed by atoms with Crippen molar-refractivity contribution in [1.29, 1.82) is 0 Å². The van der Waals surface area contributed by atoms with Crippen LogP contribution in [0.2, 0.25) is 0 Å². The minimum atomic E-state index is 0.437. The summed E-state index contributed by atoms with van der Waals surface area (Å²) in [5, 5.41) is 7.59. The fourth-order valence-corrected chi connectivity index (χ4v) is 3.09. The molecule has 0 fully saturated rings. The van der Waals surface area contributed by atoms with E-state index in [1.807, 2.05) is 24.4 Å². The van der Waals surface area contributed by atoms with E-state index in [0.717, 1.165) is 30.2 Å². The van der Waals surface area contributed by atoms with Gasteiger partial charge in [-0.1, -0.05) is 18.2 Å². The second kappa shape index (κ2) is 6.31. The fourth-order valence-electron chi connectivity index (χ4n) is 3.09. The Bertz CT molecular complexity index is 816.